The van der Waals surface area contributed by atoms with E-state index in [0.717, 1.165) is 0 Å². The summed E-state index contributed by atoms with van der Waals surface area (Å²) >= 11 is 1.94. The Morgan fingerprint density at radius 3 is 2.31 bits per heavy atom. The molecule has 70 valence electrons. The molecule has 0 aromatic carbocycles. The van der Waals surface area contributed by atoms with Crippen LogP contribution in [0.1, 0.15) is 1.43 Å². The molecule has 6 nitrogen and oxygen atoms in total. The van der Waals surface area contributed by atoms with E-state index >= 15 is 0 Å². The van der Waals surface area contributed by atoms with Crippen molar-refractivity contribution in [3.05, 3.63) is 0 Å². The average Bonchev–Trinajstić information content (AvgIpc) is 1.98. The second kappa shape index (κ2) is 8.83. The van der Waals surface area contributed by atoms with E-state index in [1.807, 2.05) is 22.6 Å². The molecule has 0 aromatic rings. The molecular weight excluding hydrogens is 289 g/mol. The van der Waals surface area contributed by atoms with Crippen molar-refractivity contribution >= 4 is 41.9 Å². The maximum atomic E-state index is 10.5. The summed E-state index contributed by atoms with van der Waals surface area (Å²) in [5.74, 6) is -2.66. The van der Waals surface area contributed by atoms with Crippen LogP contribution in [0.3, 0.4) is 0 Å². The van der Waals surface area contributed by atoms with E-state index in [-0.39, 0.29) is 26.9 Å². The van der Waals surface area contributed by atoms with Gasteiger partial charge in [0.25, 0.3) is 0 Å². The summed E-state index contributed by atoms with van der Waals surface area (Å²) in [5, 5.41) is 16.2. The maximum absolute atomic E-state index is 10.5. The SMILES string of the molecule is O=C(OCCI)C(=O)OB(O)O.[H-].[Li+]. The molecule has 2 N–H and O–H groups in total. The summed E-state index contributed by atoms with van der Waals surface area (Å²) in [4.78, 5) is 21.0. The van der Waals surface area contributed by atoms with Crippen LogP contribution in [0.5, 0.6) is 0 Å². The van der Waals surface area contributed by atoms with E-state index in [4.69, 9.17) is 10.0 Å². The fourth-order valence-electron chi connectivity index (χ4n) is 0.334. The summed E-state index contributed by atoms with van der Waals surface area (Å²) in [7, 11) is -2.29. The van der Waals surface area contributed by atoms with Crippen molar-refractivity contribution in [1.82, 2.24) is 0 Å². The van der Waals surface area contributed by atoms with Crippen LogP contribution >= 0.6 is 22.6 Å². The Kier molecular flexibility index (Phi) is 10.7. The van der Waals surface area contributed by atoms with E-state index in [0.29, 0.717) is 4.43 Å². The zero-order valence-electron chi connectivity index (χ0n) is 7.90. The van der Waals surface area contributed by atoms with Gasteiger partial charge >= 0.3 is 38.1 Å². The van der Waals surface area contributed by atoms with Crippen molar-refractivity contribution in [1.29, 1.82) is 0 Å². The van der Waals surface area contributed by atoms with Crippen LogP contribution in [0, 0.1) is 0 Å². The number of halogens is 1. The van der Waals surface area contributed by atoms with Gasteiger partial charge in [0.15, 0.2) is 0 Å². The first-order valence-electron chi connectivity index (χ1n) is 2.87. The number of rotatable bonds is 3. The number of carbonyl (C=O) groups excluding carboxylic acids is 2. The summed E-state index contributed by atoms with van der Waals surface area (Å²) < 4.78 is 8.56. The molecule has 0 aromatic heterocycles. The fraction of sp³-hybridized carbons (Fsp3) is 0.500. The summed E-state index contributed by atoms with van der Waals surface area (Å²) in [5.41, 5.74) is 0. The van der Waals surface area contributed by atoms with Crippen molar-refractivity contribution in [3.8, 4) is 0 Å². The Balaban J connectivity index is -0.000000605. The van der Waals surface area contributed by atoms with Gasteiger partial charge < -0.3 is 20.9 Å². The zero-order valence-corrected chi connectivity index (χ0v) is 9.05. The third-order valence-electron chi connectivity index (χ3n) is 0.689. The smallest absolute Gasteiger partial charge is 1.00 e. The Labute approximate surface area is 102 Å². The van der Waals surface area contributed by atoms with Gasteiger partial charge in [0.1, 0.15) is 6.61 Å². The summed E-state index contributed by atoms with van der Waals surface area (Å²) in [6.07, 6.45) is 0. The molecule has 0 aliphatic heterocycles. The molecule has 0 radical (unpaired) electrons. The van der Waals surface area contributed by atoms with E-state index in [9.17, 15) is 9.59 Å². The Bertz CT molecular complexity index is 181. The van der Waals surface area contributed by atoms with Gasteiger partial charge in [0.05, 0.1) is 0 Å². The van der Waals surface area contributed by atoms with Crippen molar-refractivity contribution in [2.24, 2.45) is 0 Å². The number of carbonyl (C=O) groups is 2. The van der Waals surface area contributed by atoms with Crippen LogP contribution in [0.15, 0.2) is 0 Å². The monoisotopic (exact) mass is 296 g/mol. The van der Waals surface area contributed by atoms with Crippen LogP contribution in [-0.2, 0) is 19.0 Å². The van der Waals surface area contributed by atoms with E-state index in [2.05, 4.69) is 9.39 Å². The summed E-state index contributed by atoms with van der Waals surface area (Å²) in [6, 6.07) is 0. The molecule has 0 atom stereocenters. The molecule has 0 rings (SSSR count). The van der Waals surface area contributed by atoms with Gasteiger partial charge in [0, 0.05) is 4.43 Å². The standard InChI is InChI=1S/C4H6BIO6.Li.H/c6-1-2-11-3(7)4(8)12-5(9)10;;/h9-10H,1-2H2;;/q;+1;-1. The molecule has 0 heterocycles. The molecule has 0 amide bonds. The fourth-order valence-corrected chi connectivity index (χ4v) is 0.554. The van der Waals surface area contributed by atoms with Crippen LogP contribution in [0.25, 0.3) is 0 Å². The van der Waals surface area contributed by atoms with E-state index in [1.54, 1.807) is 0 Å². The van der Waals surface area contributed by atoms with Gasteiger partial charge in [-0.05, 0) is 0 Å². The molecule has 0 bridgehead atoms. The minimum atomic E-state index is -2.29. The maximum Gasteiger partial charge on any atom is 1.00 e. The van der Waals surface area contributed by atoms with Gasteiger partial charge in [0.2, 0.25) is 0 Å². The number of hydrogen-bond acceptors (Lipinski definition) is 6. The first-order chi connectivity index (χ1) is 5.57. The van der Waals surface area contributed by atoms with Crippen LogP contribution in [-0.4, -0.2) is 40.3 Å². The molecule has 9 heteroatoms. The van der Waals surface area contributed by atoms with E-state index < -0.39 is 19.3 Å². The van der Waals surface area contributed by atoms with Gasteiger partial charge in [-0.3, -0.25) is 0 Å². The predicted octanol–water partition coefficient (Wildman–Crippen LogP) is -4.41. The first kappa shape index (κ1) is 15.7. The van der Waals surface area contributed by atoms with Crippen LogP contribution in [0.2, 0.25) is 0 Å². The van der Waals surface area contributed by atoms with E-state index in [1.165, 1.54) is 0 Å². The van der Waals surface area contributed by atoms with Crippen LogP contribution < -0.4 is 18.9 Å². The Morgan fingerprint density at radius 1 is 1.38 bits per heavy atom. The predicted molar refractivity (Wildman–Crippen MR) is 47.2 cm³/mol. The molecular formula is C4H7BILiO6. The zero-order chi connectivity index (χ0) is 9.56. The normalized spacial score (nSPS) is 8.23. The van der Waals surface area contributed by atoms with Gasteiger partial charge in [-0.1, -0.05) is 22.6 Å². The van der Waals surface area contributed by atoms with Gasteiger partial charge in [-0.2, -0.15) is 0 Å². The van der Waals surface area contributed by atoms with Crippen molar-refractivity contribution in [3.63, 3.8) is 0 Å². The van der Waals surface area contributed by atoms with Crippen molar-refractivity contribution in [2.45, 2.75) is 0 Å². The van der Waals surface area contributed by atoms with Gasteiger partial charge in [-0.15, -0.1) is 0 Å². The Hall–Kier alpha value is 0.252. The number of esters is 1. The van der Waals surface area contributed by atoms with Crippen LogP contribution in [0.4, 0.5) is 0 Å². The molecule has 0 saturated carbocycles. The quantitative estimate of drug-likeness (QED) is 0.180. The topological polar surface area (TPSA) is 93.1 Å². The third kappa shape index (κ3) is 8.58. The molecule has 0 fully saturated rings. The largest absolute Gasteiger partial charge is 1.00 e. The summed E-state index contributed by atoms with van der Waals surface area (Å²) in [6.45, 7) is 0.0794. The molecule has 0 spiro atoms. The molecule has 0 saturated heterocycles. The number of alkyl halides is 1. The van der Waals surface area contributed by atoms with Crippen molar-refractivity contribution < 1.29 is 49.3 Å². The minimum absolute atomic E-state index is 0. The second-order valence-electron chi connectivity index (χ2n) is 1.56. The molecule has 0 aliphatic rings. The van der Waals surface area contributed by atoms with Gasteiger partial charge in [-0.25, -0.2) is 9.59 Å². The first-order valence-corrected chi connectivity index (χ1v) is 4.40. The Morgan fingerprint density at radius 2 is 1.92 bits per heavy atom. The average molecular weight is 296 g/mol. The molecule has 0 unspecified atom stereocenters. The molecule has 13 heavy (non-hydrogen) atoms. The molecule has 0 aliphatic carbocycles. The van der Waals surface area contributed by atoms with Crippen molar-refractivity contribution in [2.75, 3.05) is 11.0 Å². The minimum Gasteiger partial charge on any atom is -1.00 e. The number of hydrogen-bond donors (Lipinski definition) is 2. The number of ether oxygens (including phenoxy) is 1. The second-order valence-corrected chi connectivity index (χ2v) is 2.64. The third-order valence-corrected chi connectivity index (χ3v) is 1.13.